The predicted molar refractivity (Wildman–Crippen MR) is 76.4 cm³/mol. The summed E-state index contributed by atoms with van der Waals surface area (Å²) in [6, 6.07) is -0.275. The van der Waals surface area contributed by atoms with E-state index in [4.69, 9.17) is 9.47 Å². The van der Waals surface area contributed by atoms with Crippen LogP contribution in [0.1, 0.15) is 27.2 Å². The number of aliphatic hydroxyl groups excluding tert-OH is 1. The Morgan fingerprint density at radius 1 is 1.48 bits per heavy atom. The fourth-order valence-electron chi connectivity index (χ4n) is 3.08. The minimum absolute atomic E-state index is 0.275. The SMILES string of the molecule is COC(C)C(O)(C(=O)OC1=CCN2CC[C@H](O)[C@H]12)C(C)C. The molecule has 4 atom stereocenters. The van der Waals surface area contributed by atoms with Crippen molar-refractivity contribution in [1.29, 1.82) is 0 Å². The molecule has 0 saturated carbocycles. The summed E-state index contributed by atoms with van der Waals surface area (Å²) in [6.07, 6.45) is 1.25. The van der Waals surface area contributed by atoms with Crippen LogP contribution in [0.2, 0.25) is 0 Å². The molecular formula is C15H25NO5. The highest BCUT2D eigenvalue weighted by molar-refractivity contribution is 5.81. The van der Waals surface area contributed by atoms with Gasteiger partial charge in [-0.05, 0) is 25.3 Å². The second-order valence-corrected chi connectivity index (χ2v) is 6.15. The van der Waals surface area contributed by atoms with Crippen LogP contribution in [0.4, 0.5) is 0 Å². The molecule has 6 heteroatoms. The minimum atomic E-state index is -1.72. The fourth-order valence-corrected chi connectivity index (χ4v) is 3.08. The van der Waals surface area contributed by atoms with Gasteiger partial charge in [0, 0.05) is 20.2 Å². The topological polar surface area (TPSA) is 79.2 Å². The van der Waals surface area contributed by atoms with Crippen LogP contribution in [0.15, 0.2) is 11.8 Å². The molecule has 0 aromatic heterocycles. The Morgan fingerprint density at radius 3 is 2.71 bits per heavy atom. The summed E-state index contributed by atoms with van der Waals surface area (Å²) in [4.78, 5) is 14.5. The Balaban J connectivity index is 2.13. The molecule has 2 N–H and O–H groups in total. The molecule has 0 amide bonds. The molecule has 1 saturated heterocycles. The molecule has 0 aromatic carbocycles. The Labute approximate surface area is 125 Å². The monoisotopic (exact) mass is 299 g/mol. The summed E-state index contributed by atoms with van der Waals surface area (Å²) in [5, 5.41) is 20.7. The Kier molecular flexibility index (Phi) is 4.72. The van der Waals surface area contributed by atoms with Crippen molar-refractivity contribution in [1.82, 2.24) is 4.90 Å². The molecule has 120 valence electrons. The minimum Gasteiger partial charge on any atom is -0.427 e. The van der Waals surface area contributed by atoms with E-state index in [0.717, 1.165) is 6.54 Å². The van der Waals surface area contributed by atoms with Crippen molar-refractivity contribution in [3.05, 3.63) is 11.8 Å². The normalized spacial score (nSPS) is 30.0. The lowest BCUT2D eigenvalue weighted by Gasteiger charge is -2.34. The maximum absolute atomic E-state index is 12.5. The molecule has 6 nitrogen and oxygen atoms in total. The average molecular weight is 299 g/mol. The quantitative estimate of drug-likeness (QED) is 0.710. The van der Waals surface area contributed by atoms with Crippen LogP contribution in [-0.2, 0) is 14.3 Å². The first-order valence-electron chi connectivity index (χ1n) is 7.42. The maximum atomic E-state index is 12.5. The first kappa shape index (κ1) is 16.4. The van der Waals surface area contributed by atoms with Gasteiger partial charge in [-0.2, -0.15) is 0 Å². The number of fused-ring (bicyclic) bond motifs is 1. The Morgan fingerprint density at radius 2 is 2.14 bits per heavy atom. The molecule has 0 aromatic rings. The van der Waals surface area contributed by atoms with Gasteiger partial charge in [-0.15, -0.1) is 0 Å². The summed E-state index contributed by atoms with van der Waals surface area (Å²) in [6.45, 7) is 6.57. The van der Waals surface area contributed by atoms with E-state index in [1.54, 1.807) is 26.8 Å². The molecule has 2 heterocycles. The van der Waals surface area contributed by atoms with Gasteiger partial charge in [-0.1, -0.05) is 13.8 Å². The van der Waals surface area contributed by atoms with Crippen LogP contribution >= 0.6 is 0 Å². The predicted octanol–water partition coefficient (Wildman–Crippen LogP) is 0.284. The Bertz CT molecular complexity index is 436. The summed E-state index contributed by atoms with van der Waals surface area (Å²) < 4.78 is 10.6. The van der Waals surface area contributed by atoms with Gasteiger partial charge in [-0.25, -0.2) is 4.79 Å². The molecule has 0 spiro atoms. The molecule has 1 fully saturated rings. The molecule has 2 unspecified atom stereocenters. The highest BCUT2D eigenvalue weighted by atomic mass is 16.6. The van der Waals surface area contributed by atoms with E-state index in [1.165, 1.54) is 7.11 Å². The number of methoxy groups -OCH3 is 1. The molecular weight excluding hydrogens is 274 g/mol. The van der Waals surface area contributed by atoms with Gasteiger partial charge in [0.15, 0.2) is 5.60 Å². The van der Waals surface area contributed by atoms with Crippen LogP contribution in [0.3, 0.4) is 0 Å². The number of hydrogen-bond acceptors (Lipinski definition) is 6. The van der Waals surface area contributed by atoms with Gasteiger partial charge in [-0.3, -0.25) is 4.90 Å². The van der Waals surface area contributed by atoms with E-state index >= 15 is 0 Å². The van der Waals surface area contributed by atoms with E-state index in [2.05, 4.69) is 4.90 Å². The van der Waals surface area contributed by atoms with Gasteiger partial charge >= 0.3 is 5.97 Å². The maximum Gasteiger partial charge on any atom is 0.346 e. The lowest BCUT2D eigenvalue weighted by Crippen LogP contribution is -2.54. The smallest absolute Gasteiger partial charge is 0.346 e. The second-order valence-electron chi connectivity index (χ2n) is 6.15. The number of nitrogens with zero attached hydrogens (tertiary/aromatic N) is 1. The van der Waals surface area contributed by atoms with Crippen molar-refractivity contribution in [2.24, 2.45) is 5.92 Å². The number of carbonyl (C=O) groups excluding carboxylic acids is 1. The number of hydrogen-bond donors (Lipinski definition) is 2. The van der Waals surface area contributed by atoms with Crippen molar-refractivity contribution in [3.8, 4) is 0 Å². The summed E-state index contributed by atoms with van der Waals surface area (Å²) in [7, 11) is 1.45. The second kappa shape index (κ2) is 6.04. The van der Waals surface area contributed by atoms with Crippen LogP contribution < -0.4 is 0 Å². The van der Waals surface area contributed by atoms with Crippen LogP contribution in [-0.4, -0.2) is 65.1 Å². The Hall–Kier alpha value is -0.950. The van der Waals surface area contributed by atoms with E-state index in [-0.39, 0.29) is 12.0 Å². The van der Waals surface area contributed by atoms with Crippen molar-refractivity contribution in [2.45, 2.75) is 51.0 Å². The third-order valence-electron chi connectivity index (χ3n) is 4.68. The van der Waals surface area contributed by atoms with Crippen molar-refractivity contribution in [2.75, 3.05) is 20.2 Å². The number of esters is 1. The largest absolute Gasteiger partial charge is 0.427 e. The number of ether oxygens (including phenoxy) is 2. The lowest BCUT2D eigenvalue weighted by molar-refractivity contribution is -0.184. The molecule has 2 rings (SSSR count). The highest BCUT2D eigenvalue weighted by Crippen LogP contribution is 2.32. The molecule has 2 aliphatic rings. The molecule has 0 radical (unpaired) electrons. The summed E-state index contributed by atoms with van der Waals surface area (Å²) >= 11 is 0. The first-order chi connectivity index (χ1) is 9.82. The van der Waals surface area contributed by atoms with Crippen molar-refractivity contribution < 1.29 is 24.5 Å². The number of carbonyl (C=O) groups is 1. The summed E-state index contributed by atoms with van der Waals surface area (Å²) in [5.74, 6) is -0.641. The fraction of sp³-hybridized carbons (Fsp3) is 0.800. The zero-order valence-electron chi connectivity index (χ0n) is 13.1. The standard InChI is InChI=1S/C15H25NO5/c1-9(2)15(19,10(3)20-4)14(18)21-12-6-8-16-7-5-11(17)13(12)16/h6,9-11,13,17,19H,5,7-8H2,1-4H3/t10?,11-,13+,15?/m0/s1. The third-order valence-corrected chi connectivity index (χ3v) is 4.68. The molecule has 0 bridgehead atoms. The average Bonchev–Trinajstić information content (AvgIpc) is 3.01. The van der Waals surface area contributed by atoms with Crippen LogP contribution in [0.25, 0.3) is 0 Å². The van der Waals surface area contributed by atoms with Gasteiger partial charge in [0.25, 0.3) is 0 Å². The van der Waals surface area contributed by atoms with E-state index in [0.29, 0.717) is 18.7 Å². The van der Waals surface area contributed by atoms with Gasteiger partial charge < -0.3 is 19.7 Å². The lowest BCUT2D eigenvalue weighted by atomic mass is 9.85. The van der Waals surface area contributed by atoms with Crippen molar-refractivity contribution in [3.63, 3.8) is 0 Å². The molecule has 2 aliphatic heterocycles. The molecule has 21 heavy (non-hydrogen) atoms. The zero-order valence-corrected chi connectivity index (χ0v) is 13.1. The van der Waals surface area contributed by atoms with E-state index < -0.39 is 23.8 Å². The van der Waals surface area contributed by atoms with Crippen LogP contribution in [0.5, 0.6) is 0 Å². The van der Waals surface area contributed by atoms with Crippen LogP contribution in [0, 0.1) is 5.92 Å². The highest BCUT2D eigenvalue weighted by Gasteiger charge is 2.49. The van der Waals surface area contributed by atoms with Crippen molar-refractivity contribution >= 4 is 5.97 Å². The summed E-state index contributed by atoms with van der Waals surface area (Å²) in [5.41, 5.74) is -1.72. The number of rotatable bonds is 5. The van der Waals surface area contributed by atoms with E-state index in [1.807, 2.05) is 0 Å². The van der Waals surface area contributed by atoms with Gasteiger partial charge in [0.1, 0.15) is 5.76 Å². The number of aliphatic hydroxyl groups is 2. The molecule has 0 aliphatic carbocycles. The van der Waals surface area contributed by atoms with Gasteiger partial charge in [0.2, 0.25) is 0 Å². The first-order valence-corrected chi connectivity index (χ1v) is 7.42. The third kappa shape index (κ3) is 2.73. The van der Waals surface area contributed by atoms with Gasteiger partial charge in [0.05, 0.1) is 18.2 Å². The zero-order chi connectivity index (χ0) is 15.8. The van der Waals surface area contributed by atoms with E-state index in [9.17, 15) is 15.0 Å².